The number of ether oxygens (including phenoxy) is 3. The highest BCUT2D eigenvalue weighted by atomic mass is 19.1. The number of halogens is 1. The van der Waals surface area contributed by atoms with E-state index in [0.717, 1.165) is 0 Å². The average molecular weight is 358 g/mol. The molecule has 0 saturated heterocycles. The molecular weight excluding hydrogens is 339 g/mol. The Morgan fingerprint density at radius 1 is 1.23 bits per heavy atom. The van der Waals surface area contributed by atoms with E-state index < -0.39 is 17.8 Å². The highest BCUT2D eigenvalue weighted by Crippen LogP contribution is 2.33. The van der Waals surface area contributed by atoms with Gasteiger partial charge in [-0.15, -0.1) is 0 Å². The molecule has 1 unspecified atom stereocenters. The van der Waals surface area contributed by atoms with E-state index in [2.05, 4.69) is 5.32 Å². The number of nitrogens with zero attached hydrogens (tertiary/aromatic N) is 1. The molecule has 0 aliphatic rings. The third-order valence-corrected chi connectivity index (χ3v) is 3.65. The first-order valence-corrected chi connectivity index (χ1v) is 7.88. The topological polar surface area (TPSA) is 80.6 Å². The van der Waals surface area contributed by atoms with Crippen molar-refractivity contribution in [3.05, 3.63) is 53.3 Å². The summed E-state index contributed by atoms with van der Waals surface area (Å²) in [5.41, 5.74) is 1.03. The zero-order chi connectivity index (χ0) is 19.1. The number of esters is 1. The second kappa shape index (κ2) is 8.72. The van der Waals surface area contributed by atoms with Crippen LogP contribution in [0.2, 0.25) is 0 Å². The maximum absolute atomic E-state index is 14.8. The Bertz CT molecular complexity index is 816. The monoisotopic (exact) mass is 358 g/mol. The summed E-state index contributed by atoms with van der Waals surface area (Å²) in [6, 6.07) is 10.1. The first-order valence-electron chi connectivity index (χ1n) is 7.88. The molecule has 0 aromatic heterocycles. The highest BCUT2D eigenvalue weighted by molar-refractivity contribution is 5.81. The van der Waals surface area contributed by atoms with E-state index in [1.807, 2.05) is 6.07 Å². The second-order valence-electron chi connectivity index (χ2n) is 5.25. The van der Waals surface area contributed by atoms with Gasteiger partial charge in [0.15, 0.2) is 17.6 Å². The van der Waals surface area contributed by atoms with Crippen LogP contribution in [0.1, 0.15) is 24.1 Å². The minimum absolute atomic E-state index is 0.0315. The molecular formula is C19H19FN2O4. The fraction of sp³-hybridized carbons (Fsp3) is 0.263. The van der Waals surface area contributed by atoms with Crippen LogP contribution < -0.4 is 14.8 Å². The lowest BCUT2D eigenvalue weighted by atomic mass is 10.0. The Morgan fingerprint density at radius 3 is 2.46 bits per heavy atom. The number of methoxy groups -OCH3 is 2. The molecule has 0 fully saturated rings. The molecule has 2 rings (SSSR count). The molecule has 1 N–H and O–H groups in total. The SMILES string of the molecule is CCOC(=O)C(Nc1ccc(C#N)cc1)c1cc(OC)cc(OC)c1F. The van der Waals surface area contributed by atoms with Gasteiger partial charge in [0.1, 0.15) is 5.75 Å². The first-order chi connectivity index (χ1) is 12.5. The molecule has 0 radical (unpaired) electrons. The first kappa shape index (κ1) is 19.1. The Hall–Kier alpha value is -3.27. The van der Waals surface area contributed by atoms with Gasteiger partial charge in [-0.1, -0.05) is 0 Å². The number of carbonyl (C=O) groups excluding carboxylic acids is 1. The number of nitrogens with one attached hydrogen (secondary N) is 1. The van der Waals surface area contributed by atoms with Crippen LogP contribution >= 0.6 is 0 Å². The quantitative estimate of drug-likeness (QED) is 0.764. The van der Waals surface area contributed by atoms with Crippen molar-refractivity contribution in [1.29, 1.82) is 5.26 Å². The van der Waals surface area contributed by atoms with Crippen molar-refractivity contribution in [3.8, 4) is 17.6 Å². The van der Waals surface area contributed by atoms with Gasteiger partial charge in [0.2, 0.25) is 0 Å². The van der Waals surface area contributed by atoms with Crippen molar-refractivity contribution in [1.82, 2.24) is 0 Å². The fourth-order valence-electron chi connectivity index (χ4n) is 2.37. The largest absolute Gasteiger partial charge is 0.497 e. The Balaban J connectivity index is 2.47. The van der Waals surface area contributed by atoms with Gasteiger partial charge in [0.05, 0.1) is 32.5 Å². The number of rotatable bonds is 7. The maximum atomic E-state index is 14.8. The molecule has 136 valence electrons. The van der Waals surface area contributed by atoms with Crippen molar-refractivity contribution in [3.63, 3.8) is 0 Å². The van der Waals surface area contributed by atoms with Crippen molar-refractivity contribution >= 4 is 11.7 Å². The third-order valence-electron chi connectivity index (χ3n) is 3.65. The summed E-state index contributed by atoms with van der Waals surface area (Å²) in [4.78, 5) is 12.4. The molecule has 26 heavy (non-hydrogen) atoms. The number of hydrogen-bond acceptors (Lipinski definition) is 6. The van der Waals surface area contributed by atoms with E-state index in [1.54, 1.807) is 31.2 Å². The lowest BCUT2D eigenvalue weighted by Crippen LogP contribution is -2.24. The minimum Gasteiger partial charge on any atom is -0.497 e. The molecule has 1 atom stereocenters. The van der Waals surface area contributed by atoms with Crippen molar-refractivity contribution in [2.24, 2.45) is 0 Å². The summed E-state index contributed by atoms with van der Waals surface area (Å²) in [7, 11) is 2.76. The van der Waals surface area contributed by atoms with Crippen LogP contribution in [0.3, 0.4) is 0 Å². The lowest BCUT2D eigenvalue weighted by molar-refractivity contribution is -0.144. The van der Waals surface area contributed by atoms with Crippen LogP contribution in [0.5, 0.6) is 11.5 Å². The van der Waals surface area contributed by atoms with Gasteiger partial charge in [-0.2, -0.15) is 5.26 Å². The van der Waals surface area contributed by atoms with E-state index in [1.165, 1.54) is 26.4 Å². The molecule has 0 spiro atoms. The summed E-state index contributed by atoms with van der Waals surface area (Å²) < 4.78 is 30.1. The van der Waals surface area contributed by atoms with Gasteiger partial charge in [-0.05, 0) is 37.3 Å². The normalized spacial score (nSPS) is 11.2. The molecule has 0 aliphatic heterocycles. The van der Waals surface area contributed by atoms with E-state index in [9.17, 15) is 9.18 Å². The van der Waals surface area contributed by atoms with E-state index >= 15 is 0 Å². The van der Waals surface area contributed by atoms with Crippen molar-refractivity contribution < 1.29 is 23.4 Å². The van der Waals surface area contributed by atoms with Gasteiger partial charge in [-0.3, -0.25) is 0 Å². The second-order valence-corrected chi connectivity index (χ2v) is 5.25. The van der Waals surface area contributed by atoms with Crippen molar-refractivity contribution in [2.75, 3.05) is 26.1 Å². The van der Waals surface area contributed by atoms with Crippen LogP contribution in [-0.2, 0) is 9.53 Å². The number of nitriles is 1. The zero-order valence-electron chi connectivity index (χ0n) is 14.7. The molecule has 0 amide bonds. The predicted octanol–water partition coefficient (Wildman–Crippen LogP) is 3.43. The lowest BCUT2D eigenvalue weighted by Gasteiger charge is -2.21. The molecule has 6 nitrogen and oxygen atoms in total. The van der Waals surface area contributed by atoms with Crippen LogP contribution in [0.25, 0.3) is 0 Å². The molecule has 0 saturated carbocycles. The van der Waals surface area contributed by atoms with Gasteiger partial charge in [0, 0.05) is 17.3 Å². The standard InChI is InChI=1S/C19H19FN2O4/c1-4-26-19(23)18(22-13-7-5-12(11-21)6-8-13)15-9-14(24-2)10-16(25-3)17(15)20/h5-10,18,22H,4H2,1-3H3. The van der Waals surface area contributed by atoms with Crippen LogP contribution in [0, 0.1) is 17.1 Å². The predicted molar refractivity (Wildman–Crippen MR) is 93.7 cm³/mol. The highest BCUT2D eigenvalue weighted by Gasteiger charge is 2.28. The van der Waals surface area contributed by atoms with Crippen LogP contribution in [-0.4, -0.2) is 26.8 Å². The zero-order valence-corrected chi connectivity index (χ0v) is 14.7. The van der Waals surface area contributed by atoms with E-state index in [0.29, 0.717) is 17.0 Å². The van der Waals surface area contributed by atoms with Crippen LogP contribution in [0.4, 0.5) is 10.1 Å². The summed E-state index contributed by atoms with van der Waals surface area (Å²) in [6.07, 6.45) is 0. The smallest absolute Gasteiger partial charge is 0.333 e. The van der Waals surface area contributed by atoms with Gasteiger partial charge < -0.3 is 19.5 Å². The van der Waals surface area contributed by atoms with Gasteiger partial charge >= 0.3 is 5.97 Å². The number of carbonyl (C=O) groups is 1. The Morgan fingerprint density at radius 2 is 1.92 bits per heavy atom. The summed E-state index contributed by atoms with van der Waals surface area (Å²) in [5.74, 6) is -1.04. The molecule has 2 aromatic rings. The van der Waals surface area contributed by atoms with Crippen molar-refractivity contribution in [2.45, 2.75) is 13.0 Å². The Labute approximate surface area is 151 Å². The molecule has 0 heterocycles. The fourth-order valence-corrected chi connectivity index (χ4v) is 2.37. The van der Waals surface area contributed by atoms with E-state index in [-0.39, 0.29) is 17.9 Å². The van der Waals surface area contributed by atoms with Gasteiger partial charge in [0.25, 0.3) is 0 Å². The molecule has 0 aliphatic carbocycles. The van der Waals surface area contributed by atoms with E-state index in [4.69, 9.17) is 19.5 Å². The summed E-state index contributed by atoms with van der Waals surface area (Å²) in [5, 5.41) is 11.8. The average Bonchev–Trinajstić information content (AvgIpc) is 2.67. The number of hydrogen-bond donors (Lipinski definition) is 1. The third kappa shape index (κ3) is 4.22. The Kier molecular flexibility index (Phi) is 6.39. The molecule has 2 aromatic carbocycles. The van der Waals surface area contributed by atoms with Gasteiger partial charge in [-0.25, -0.2) is 9.18 Å². The van der Waals surface area contributed by atoms with Crippen LogP contribution in [0.15, 0.2) is 36.4 Å². The maximum Gasteiger partial charge on any atom is 0.333 e. The molecule has 0 bridgehead atoms. The summed E-state index contributed by atoms with van der Waals surface area (Å²) in [6.45, 7) is 1.81. The molecule has 7 heteroatoms. The number of benzene rings is 2. The number of anilines is 1. The summed E-state index contributed by atoms with van der Waals surface area (Å²) >= 11 is 0. The minimum atomic E-state index is -1.12.